The zero-order valence-electron chi connectivity index (χ0n) is 13.1. The minimum atomic E-state index is -0.580. The second-order valence-electron chi connectivity index (χ2n) is 5.47. The summed E-state index contributed by atoms with van der Waals surface area (Å²) in [7, 11) is 0. The maximum Gasteiger partial charge on any atom is 0.308 e. The molecule has 0 unspecified atom stereocenters. The monoisotopic (exact) mass is 308 g/mol. The van der Waals surface area contributed by atoms with Crippen LogP contribution in [0.4, 0.5) is 11.4 Å². The lowest BCUT2D eigenvalue weighted by Crippen LogP contribution is -2.20. The van der Waals surface area contributed by atoms with Crippen molar-refractivity contribution >= 4 is 23.3 Å². The van der Waals surface area contributed by atoms with Crippen LogP contribution in [0.25, 0.3) is 0 Å². The van der Waals surface area contributed by atoms with E-state index in [-0.39, 0.29) is 35.7 Å². The first-order chi connectivity index (χ1) is 10.2. The van der Waals surface area contributed by atoms with E-state index in [2.05, 4.69) is 5.32 Å². The van der Waals surface area contributed by atoms with Crippen LogP contribution in [0.15, 0.2) is 18.2 Å². The highest BCUT2D eigenvalue weighted by atomic mass is 16.6. The summed E-state index contributed by atoms with van der Waals surface area (Å²) in [4.78, 5) is 33.9. The average Bonchev–Trinajstić information content (AvgIpc) is 2.44. The van der Waals surface area contributed by atoms with E-state index < -0.39 is 10.9 Å². The molecule has 0 bridgehead atoms. The number of carbonyl (C=O) groups excluding carboxylic acids is 2. The van der Waals surface area contributed by atoms with Gasteiger partial charge in [-0.3, -0.25) is 19.7 Å². The standard InChI is InChI=1S/C15H20N2O5/c1-9(2)14(18)16-13-11(8-22-15(19)10(3)4)6-5-7-12(13)17(20)21/h5-7,9-10H,8H2,1-4H3,(H,16,18). The molecule has 7 nitrogen and oxygen atoms in total. The number of carbonyl (C=O) groups is 2. The zero-order chi connectivity index (χ0) is 16.9. The number of hydrogen-bond acceptors (Lipinski definition) is 5. The number of esters is 1. The molecule has 0 fully saturated rings. The number of nitrogens with zero attached hydrogens (tertiary/aromatic N) is 1. The van der Waals surface area contributed by atoms with Gasteiger partial charge in [-0.2, -0.15) is 0 Å². The van der Waals surface area contributed by atoms with Gasteiger partial charge in [0.2, 0.25) is 5.91 Å². The van der Waals surface area contributed by atoms with Gasteiger partial charge in [0.15, 0.2) is 0 Å². The molecule has 1 aromatic rings. The maximum absolute atomic E-state index is 11.8. The summed E-state index contributed by atoms with van der Waals surface area (Å²) >= 11 is 0. The van der Waals surface area contributed by atoms with E-state index in [0.717, 1.165) is 0 Å². The summed E-state index contributed by atoms with van der Waals surface area (Å²) < 4.78 is 5.09. The van der Waals surface area contributed by atoms with Gasteiger partial charge in [-0.25, -0.2) is 0 Å². The third-order valence-corrected chi connectivity index (χ3v) is 2.94. The Balaban J connectivity index is 3.10. The van der Waals surface area contributed by atoms with Crippen LogP contribution >= 0.6 is 0 Å². The molecular weight excluding hydrogens is 288 g/mol. The second kappa shape index (κ2) is 7.53. The number of nitro groups is 1. The lowest BCUT2D eigenvalue weighted by molar-refractivity contribution is -0.384. The quantitative estimate of drug-likeness (QED) is 0.495. The number of rotatable bonds is 6. The molecule has 0 saturated carbocycles. The summed E-state index contributed by atoms with van der Waals surface area (Å²) in [6, 6.07) is 4.36. The van der Waals surface area contributed by atoms with Crippen LogP contribution in [-0.4, -0.2) is 16.8 Å². The largest absolute Gasteiger partial charge is 0.461 e. The van der Waals surface area contributed by atoms with E-state index in [0.29, 0.717) is 5.56 Å². The van der Waals surface area contributed by atoms with Gasteiger partial charge in [0.1, 0.15) is 12.3 Å². The van der Waals surface area contributed by atoms with E-state index in [1.165, 1.54) is 12.1 Å². The Morgan fingerprint density at radius 2 is 1.86 bits per heavy atom. The molecule has 0 heterocycles. The van der Waals surface area contributed by atoms with E-state index >= 15 is 0 Å². The van der Waals surface area contributed by atoms with E-state index in [4.69, 9.17) is 4.74 Å². The number of para-hydroxylation sites is 1. The Morgan fingerprint density at radius 3 is 2.36 bits per heavy atom. The Hall–Kier alpha value is -2.44. The minimum Gasteiger partial charge on any atom is -0.461 e. The maximum atomic E-state index is 11.8. The van der Waals surface area contributed by atoms with Crippen LogP contribution < -0.4 is 5.32 Å². The smallest absolute Gasteiger partial charge is 0.308 e. The lowest BCUT2D eigenvalue weighted by atomic mass is 10.1. The molecule has 22 heavy (non-hydrogen) atoms. The number of benzene rings is 1. The number of ether oxygens (including phenoxy) is 1. The van der Waals surface area contributed by atoms with Gasteiger partial charge in [-0.05, 0) is 0 Å². The molecule has 120 valence electrons. The van der Waals surface area contributed by atoms with Gasteiger partial charge in [0.05, 0.1) is 10.8 Å². The Labute approximate surface area is 128 Å². The number of nitrogens with one attached hydrogen (secondary N) is 1. The van der Waals surface area contributed by atoms with Gasteiger partial charge in [-0.1, -0.05) is 39.8 Å². The van der Waals surface area contributed by atoms with Crippen LogP contribution in [0.5, 0.6) is 0 Å². The van der Waals surface area contributed by atoms with Crippen molar-refractivity contribution in [1.82, 2.24) is 0 Å². The van der Waals surface area contributed by atoms with Crippen molar-refractivity contribution in [3.63, 3.8) is 0 Å². The molecule has 0 aliphatic heterocycles. The molecule has 0 aromatic heterocycles. The van der Waals surface area contributed by atoms with Crippen molar-refractivity contribution in [3.8, 4) is 0 Å². The van der Waals surface area contributed by atoms with E-state index in [1.807, 2.05) is 0 Å². The van der Waals surface area contributed by atoms with Crippen molar-refractivity contribution in [2.24, 2.45) is 11.8 Å². The van der Waals surface area contributed by atoms with Crippen LogP contribution in [0.2, 0.25) is 0 Å². The topological polar surface area (TPSA) is 98.5 Å². The molecule has 1 amide bonds. The number of hydrogen-bond donors (Lipinski definition) is 1. The predicted octanol–water partition coefficient (Wildman–Crippen LogP) is 2.89. The molecule has 1 rings (SSSR count). The highest BCUT2D eigenvalue weighted by Gasteiger charge is 2.21. The number of amides is 1. The summed E-state index contributed by atoms with van der Waals surface area (Å²) in [5.41, 5.74) is 0.229. The summed E-state index contributed by atoms with van der Waals surface area (Å²) in [6.45, 7) is 6.62. The van der Waals surface area contributed by atoms with Gasteiger partial charge >= 0.3 is 5.97 Å². The molecule has 0 aliphatic carbocycles. The molecule has 0 atom stereocenters. The fraction of sp³-hybridized carbons (Fsp3) is 0.467. The Morgan fingerprint density at radius 1 is 1.23 bits per heavy atom. The fourth-order valence-corrected chi connectivity index (χ4v) is 1.59. The Bertz CT molecular complexity index is 581. The van der Waals surface area contributed by atoms with Gasteiger partial charge in [0, 0.05) is 17.5 Å². The number of nitro benzene ring substituents is 1. The van der Waals surface area contributed by atoms with Gasteiger partial charge < -0.3 is 10.1 Å². The molecule has 1 N–H and O–H groups in total. The third kappa shape index (κ3) is 4.54. The van der Waals surface area contributed by atoms with Crippen LogP contribution in [0.3, 0.4) is 0 Å². The average molecular weight is 308 g/mol. The lowest BCUT2D eigenvalue weighted by Gasteiger charge is -2.14. The highest BCUT2D eigenvalue weighted by molar-refractivity contribution is 5.95. The first-order valence-corrected chi connectivity index (χ1v) is 6.97. The molecule has 7 heteroatoms. The van der Waals surface area contributed by atoms with Crippen molar-refractivity contribution in [2.45, 2.75) is 34.3 Å². The van der Waals surface area contributed by atoms with E-state index in [9.17, 15) is 19.7 Å². The third-order valence-electron chi connectivity index (χ3n) is 2.94. The summed E-state index contributed by atoms with van der Waals surface area (Å²) in [6.07, 6.45) is 0. The molecule has 0 saturated heterocycles. The number of anilines is 1. The SMILES string of the molecule is CC(C)C(=O)Nc1c(COC(=O)C(C)C)cccc1[N+](=O)[O-]. The highest BCUT2D eigenvalue weighted by Crippen LogP contribution is 2.29. The van der Waals surface area contributed by atoms with Gasteiger partial charge in [-0.15, -0.1) is 0 Å². The fourth-order valence-electron chi connectivity index (χ4n) is 1.59. The minimum absolute atomic E-state index is 0.0720. The second-order valence-corrected chi connectivity index (χ2v) is 5.47. The van der Waals surface area contributed by atoms with Crippen molar-refractivity contribution in [1.29, 1.82) is 0 Å². The summed E-state index contributed by atoms with van der Waals surface area (Å²) in [5, 5.41) is 13.7. The van der Waals surface area contributed by atoms with Gasteiger partial charge in [0.25, 0.3) is 5.69 Å². The van der Waals surface area contributed by atoms with Crippen molar-refractivity contribution < 1.29 is 19.2 Å². The van der Waals surface area contributed by atoms with E-state index in [1.54, 1.807) is 33.8 Å². The molecule has 0 aliphatic rings. The molecule has 0 radical (unpaired) electrons. The Kier molecular flexibility index (Phi) is 6.03. The first kappa shape index (κ1) is 17.6. The molecule has 1 aromatic carbocycles. The predicted molar refractivity (Wildman–Crippen MR) is 81.2 cm³/mol. The molecular formula is C15H20N2O5. The van der Waals surface area contributed by atoms with Crippen LogP contribution in [0.1, 0.15) is 33.3 Å². The van der Waals surface area contributed by atoms with Crippen molar-refractivity contribution in [2.75, 3.05) is 5.32 Å². The molecule has 0 spiro atoms. The van der Waals surface area contributed by atoms with Crippen LogP contribution in [-0.2, 0) is 20.9 Å². The normalized spacial score (nSPS) is 10.6. The first-order valence-electron chi connectivity index (χ1n) is 6.97. The zero-order valence-corrected chi connectivity index (χ0v) is 13.1. The summed E-state index contributed by atoms with van der Waals surface area (Å²) in [5.74, 6) is -1.38. The van der Waals surface area contributed by atoms with Crippen molar-refractivity contribution in [3.05, 3.63) is 33.9 Å². The van der Waals surface area contributed by atoms with Crippen LogP contribution in [0, 0.1) is 22.0 Å².